The van der Waals surface area contributed by atoms with Gasteiger partial charge in [-0.05, 0) is 41.5 Å². The molecule has 0 bridgehead atoms. The predicted octanol–water partition coefficient (Wildman–Crippen LogP) is 1.81. The topological polar surface area (TPSA) is 51.0 Å². The number of amides is 1. The van der Waals surface area contributed by atoms with Crippen LogP contribution in [0.25, 0.3) is 22.0 Å². The Bertz CT molecular complexity index is 1320. The summed E-state index contributed by atoms with van der Waals surface area (Å²) in [5, 5.41) is 4.67. The summed E-state index contributed by atoms with van der Waals surface area (Å²) in [4.78, 5) is 19.0. The van der Waals surface area contributed by atoms with E-state index in [1.807, 2.05) is 51.7 Å². The molecule has 0 fully saturated rings. The van der Waals surface area contributed by atoms with E-state index in [4.69, 9.17) is 0 Å². The highest BCUT2D eigenvalue weighted by Crippen LogP contribution is 2.35. The highest BCUT2D eigenvalue weighted by molar-refractivity contribution is 6.42. The van der Waals surface area contributed by atoms with Crippen LogP contribution in [0.1, 0.15) is 21.6 Å². The van der Waals surface area contributed by atoms with E-state index in [0.717, 1.165) is 27.7 Å². The number of carbonyl (C=O) groups is 1. The fraction of sp³-hybridized carbons (Fsp3) is 0.136. The van der Waals surface area contributed by atoms with Crippen molar-refractivity contribution in [3.8, 4) is 11.1 Å². The number of rotatable bonds is 3. The quantitative estimate of drug-likeness (QED) is 0.497. The first-order valence-electron chi connectivity index (χ1n) is 9.84. The smallest absolute Gasteiger partial charge is 0.255 e. The SMILES string of the molecule is BC1(B)c2ncccc2C(=O)N1Cc1ccc(-c2ccc3c(cnn3C)c2)cc1F. The molecule has 30 heavy (non-hydrogen) atoms. The van der Waals surface area contributed by atoms with Gasteiger partial charge in [0, 0.05) is 36.1 Å². The molecule has 2 aromatic heterocycles. The van der Waals surface area contributed by atoms with Gasteiger partial charge in [0.1, 0.15) is 21.5 Å². The standard InChI is InChI=1S/C22H19B2FN4O/c1-28-19-7-6-13(9-16(19)11-27-28)14-4-5-15(18(25)10-14)12-29-21(30)17-3-2-8-26-20(17)22(29,23)24/h2-11H,12,23-24H2,1H3. The molecule has 0 saturated carbocycles. The lowest BCUT2D eigenvalue weighted by atomic mass is 9.59. The Kier molecular flexibility index (Phi) is 4.07. The maximum absolute atomic E-state index is 15.0. The van der Waals surface area contributed by atoms with Crippen LogP contribution < -0.4 is 0 Å². The molecule has 1 aliphatic heterocycles. The Morgan fingerprint density at radius 1 is 1.10 bits per heavy atom. The van der Waals surface area contributed by atoms with Gasteiger partial charge in [-0.3, -0.25) is 14.5 Å². The van der Waals surface area contributed by atoms with Crippen molar-refractivity contribution in [2.75, 3.05) is 0 Å². The molecule has 4 aromatic rings. The van der Waals surface area contributed by atoms with Gasteiger partial charge in [-0.25, -0.2) is 4.39 Å². The van der Waals surface area contributed by atoms with Crippen molar-refractivity contribution in [1.82, 2.24) is 19.7 Å². The summed E-state index contributed by atoms with van der Waals surface area (Å²) in [6, 6.07) is 14.7. The first kappa shape index (κ1) is 18.6. The molecule has 1 aliphatic rings. The van der Waals surface area contributed by atoms with E-state index in [-0.39, 0.29) is 18.3 Å². The molecule has 2 aromatic carbocycles. The van der Waals surface area contributed by atoms with Gasteiger partial charge in [-0.2, -0.15) is 5.10 Å². The van der Waals surface area contributed by atoms with Crippen LogP contribution in [-0.2, 0) is 18.9 Å². The Morgan fingerprint density at radius 2 is 1.87 bits per heavy atom. The van der Waals surface area contributed by atoms with Gasteiger partial charge >= 0.3 is 0 Å². The van der Waals surface area contributed by atoms with Gasteiger partial charge in [0.25, 0.3) is 5.91 Å². The molecule has 146 valence electrons. The molecule has 1 amide bonds. The van der Waals surface area contributed by atoms with Crippen LogP contribution in [0.3, 0.4) is 0 Å². The maximum atomic E-state index is 15.0. The lowest BCUT2D eigenvalue weighted by Gasteiger charge is -2.32. The molecular weight excluding hydrogens is 377 g/mol. The molecule has 0 N–H and O–H groups in total. The number of hydrogen-bond donors (Lipinski definition) is 0. The van der Waals surface area contributed by atoms with Crippen LogP contribution in [0.4, 0.5) is 4.39 Å². The summed E-state index contributed by atoms with van der Waals surface area (Å²) >= 11 is 0. The van der Waals surface area contributed by atoms with Crippen LogP contribution in [0, 0.1) is 5.82 Å². The number of hydrogen-bond acceptors (Lipinski definition) is 3. The van der Waals surface area contributed by atoms with Crippen molar-refractivity contribution in [2.45, 2.75) is 11.9 Å². The van der Waals surface area contributed by atoms with Crippen molar-refractivity contribution in [1.29, 1.82) is 0 Å². The zero-order chi connectivity index (χ0) is 21.0. The van der Waals surface area contributed by atoms with Crippen LogP contribution in [0.15, 0.2) is 60.9 Å². The predicted molar refractivity (Wildman–Crippen MR) is 119 cm³/mol. The number of benzene rings is 2. The summed E-state index contributed by atoms with van der Waals surface area (Å²) < 4.78 is 16.9. The second kappa shape index (κ2) is 6.55. The molecule has 5 rings (SSSR count). The lowest BCUT2D eigenvalue weighted by Crippen LogP contribution is -2.44. The Morgan fingerprint density at radius 3 is 2.63 bits per heavy atom. The highest BCUT2D eigenvalue weighted by atomic mass is 19.1. The Balaban J connectivity index is 1.46. The lowest BCUT2D eigenvalue weighted by molar-refractivity contribution is 0.0729. The average Bonchev–Trinajstić information content (AvgIpc) is 3.20. The van der Waals surface area contributed by atoms with Crippen molar-refractivity contribution >= 4 is 32.5 Å². The minimum Gasteiger partial charge on any atom is -0.339 e. The molecule has 0 radical (unpaired) electrons. The summed E-state index contributed by atoms with van der Waals surface area (Å²) in [6.45, 7) is 0.190. The minimum atomic E-state index is -0.593. The van der Waals surface area contributed by atoms with Crippen molar-refractivity contribution in [2.24, 2.45) is 7.05 Å². The van der Waals surface area contributed by atoms with Crippen LogP contribution in [0.5, 0.6) is 0 Å². The van der Waals surface area contributed by atoms with Gasteiger partial charge in [-0.1, -0.05) is 18.2 Å². The number of aryl methyl sites for hydroxylation is 1. The summed E-state index contributed by atoms with van der Waals surface area (Å²) in [5.74, 6) is -0.445. The molecule has 0 atom stereocenters. The fourth-order valence-corrected chi connectivity index (χ4v) is 4.23. The first-order valence-corrected chi connectivity index (χ1v) is 9.84. The van der Waals surface area contributed by atoms with Gasteiger partial charge in [0.2, 0.25) is 0 Å². The second-order valence-corrected chi connectivity index (χ2v) is 8.20. The van der Waals surface area contributed by atoms with Gasteiger partial charge < -0.3 is 4.90 Å². The summed E-state index contributed by atoms with van der Waals surface area (Å²) in [6.07, 6.45) is 3.49. The van der Waals surface area contributed by atoms with Crippen molar-refractivity contribution in [3.63, 3.8) is 0 Å². The minimum absolute atomic E-state index is 0.117. The summed E-state index contributed by atoms with van der Waals surface area (Å²) in [5.41, 5.74) is 4.55. The highest BCUT2D eigenvalue weighted by Gasteiger charge is 2.43. The molecule has 3 heterocycles. The number of fused-ring (bicyclic) bond motifs is 2. The van der Waals surface area contributed by atoms with E-state index in [0.29, 0.717) is 11.1 Å². The van der Waals surface area contributed by atoms with Crippen LogP contribution in [-0.4, -0.2) is 41.3 Å². The number of aromatic nitrogens is 3. The zero-order valence-corrected chi connectivity index (χ0v) is 17.1. The molecule has 5 nitrogen and oxygen atoms in total. The molecular formula is C22H19B2FN4O. The molecule has 0 unspecified atom stereocenters. The van der Waals surface area contributed by atoms with E-state index < -0.39 is 5.34 Å². The van der Waals surface area contributed by atoms with E-state index in [9.17, 15) is 4.79 Å². The number of halogens is 1. The number of carbonyl (C=O) groups excluding carboxylic acids is 1. The molecule has 0 aliphatic carbocycles. The molecule has 0 saturated heterocycles. The largest absolute Gasteiger partial charge is 0.339 e. The molecule has 0 spiro atoms. The molecule has 8 heteroatoms. The average molecular weight is 396 g/mol. The monoisotopic (exact) mass is 396 g/mol. The third-order valence-corrected chi connectivity index (χ3v) is 6.00. The third-order valence-electron chi connectivity index (χ3n) is 6.00. The van der Waals surface area contributed by atoms with Crippen molar-refractivity contribution < 1.29 is 9.18 Å². The van der Waals surface area contributed by atoms with E-state index >= 15 is 4.39 Å². The zero-order valence-electron chi connectivity index (χ0n) is 17.1. The number of nitrogens with zero attached hydrogens (tertiary/aromatic N) is 4. The van der Waals surface area contributed by atoms with Crippen LogP contribution >= 0.6 is 0 Å². The number of pyridine rings is 1. The van der Waals surface area contributed by atoms with Gasteiger partial charge in [-0.15, -0.1) is 0 Å². The Labute approximate surface area is 175 Å². The first-order chi connectivity index (χ1) is 14.4. The Hall–Kier alpha value is -3.41. The fourth-order valence-electron chi connectivity index (χ4n) is 4.23. The normalized spacial score (nSPS) is 15.0. The van der Waals surface area contributed by atoms with Gasteiger partial charge in [0.05, 0.1) is 23.0 Å². The van der Waals surface area contributed by atoms with Gasteiger partial charge in [0.15, 0.2) is 0 Å². The van der Waals surface area contributed by atoms with E-state index in [1.165, 1.54) is 6.07 Å². The third kappa shape index (κ3) is 2.75. The van der Waals surface area contributed by atoms with Crippen LogP contribution in [0.2, 0.25) is 0 Å². The van der Waals surface area contributed by atoms with E-state index in [2.05, 4.69) is 10.1 Å². The second-order valence-electron chi connectivity index (χ2n) is 8.20. The van der Waals surface area contributed by atoms with E-state index in [1.54, 1.807) is 35.5 Å². The maximum Gasteiger partial charge on any atom is 0.255 e. The summed E-state index contributed by atoms with van der Waals surface area (Å²) in [7, 11) is 5.78. The van der Waals surface area contributed by atoms with Crippen molar-refractivity contribution in [3.05, 3.63) is 83.6 Å².